The van der Waals surface area contributed by atoms with Crippen LogP contribution in [0.1, 0.15) is 26.6 Å². The summed E-state index contributed by atoms with van der Waals surface area (Å²) < 4.78 is 1.18. The van der Waals surface area contributed by atoms with Crippen molar-refractivity contribution >= 4 is 17.2 Å². The summed E-state index contributed by atoms with van der Waals surface area (Å²) >= 11 is 0. The van der Waals surface area contributed by atoms with Gasteiger partial charge in [0.15, 0.2) is 5.82 Å². The van der Waals surface area contributed by atoms with Gasteiger partial charge in [-0.25, -0.2) is 9.78 Å². The number of aromatic hydroxyl groups is 1. The maximum Gasteiger partial charge on any atom is 0.531 e. The summed E-state index contributed by atoms with van der Waals surface area (Å²) in [6.45, 7) is 5.70. The van der Waals surface area contributed by atoms with Crippen LogP contribution in [0, 0.1) is 0 Å². The van der Waals surface area contributed by atoms with Gasteiger partial charge in [-0.2, -0.15) is 4.73 Å². The van der Waals surface area contributed by atoms with Gasteiger partial charge in [0.25, 0.3) is 0 Å². The molecule has 2 aromatic rings. The van der Waals surface area contributed by atoms with Crippen molar-refractivity contribution in [3.63, 3.8) is 0 Å². The normalized spacial score (nSPS) is 11.7. The fourth-order valence-corrected chi connectivity index (χ4v) is 1.69. The quantitative estimate of drug-likeness (QED) is 0.810. The van der Waals surface area contributed by atoms with Crippen molar-refractivity contribution in [1.82, 2.24) is 9.71 Å². The predicted molar refractivity (Wildman–Crippen MR) is 64.7 cm³/mol. The third-order valence-electron chi connectivity index (χ3n) is 2.44. The topological polar surface area (TPSA) is 84.6 Å². The second kappa shape index (κ2) is 3.90. The lowest BCUT2D eigenvalue weighted by atomic mass is 9.96. The number of imidazole rings is 1. The third-order valence-corrected chi connectivity index (χ3v) is 2.44. The molecule has 18 heavy (non-hydrogen) atoms. The van der Waals surface area contributed by atoms with E-state index in [-0.39, 0.29) is 11.2 Å². The van der Waals surface area contributed by atoms with E-state index in [4.69, 9.17) is 9.94 Å². The predicted octanol–water partition coefficient (Wildman–Crippen LogP) is 2.15. The van der Waals surface area contributed by atoms with Crippen molar-refractivity contribution < 1.29 is 19.8 Å². The van der Waals surface area contributed by atoms with Crippen LogP contribution in [0.2, 0.25) is 0 Å². The highest BCUT2D eigenvalue weighted by atomic mass is 16.8. The van der Waals surface area contributed by atoms with Crippen LogP contribution >= 0.6 is 0 Å². The zero-order chi connectivity index (χ0) is 13.5. The molecule has 0 aliphatic rings. The molecule has 0 aliphatic carbocycles. The molecular weight excluding hydrogens is 236 g/mol. The van der Waals surface area contributed by atoms with Crippen LogP contribution in [-0.4, -0.2) is 26.1 Å². The average Bonchev–Trinajstić information content (AvgIpc) is 2.55. The van der Waals surface area contributed by atoms with Crippen LogP contribution < -0.4 is 4.84 Å². The van der Waals surface area contributed by atoms with Crippen molar-refractivity contribution in [3.8, 4) is 5.75 Å². The molecule has 1 aromatic carbocycles. The highest BCUT2D eigenvalue weighted by Gasteiger charge is 2.25. The van der Waals surface area contributed by atoms with Gasteiger partial charge in [-0.15, -0.1) is 0 Å². The maximum absolute atomic E-state index is 10.7. The Morgan fingerprint density at radius 2 is 2.06 bits per heavy atom. The largest absolute Gasteiger partial charge is 0.531 e. The number of hydrogen-bond acceptors (Lipinski definition) is 4. The average molecular weight is 250 g/mol. The smallest absolute Gasteiger partial charge is 0.508 e. The molecule has 0 atom stereocenters. The summed E-state index contributed by atoms with van der Waals surface area (Å²) in [5.74, 6) is 0.549. The highest BCUT2D eigenvalue weighted by Crippen LogP contribution is 2.27. The molecule has 0 aliphatic heterocycles. The van der Waals surface area contributed by atoms with Gasteiger partial charge in [0, 0.05) is 11.5 Å². The second-order valence-corrected chi connectivity index (χ2v) is 5.01. The number of phenolic OH excluding ortho intramolecular Hbond substituents is 1. The number of benzene rings is 1. The summed E-state index contributed by atoms with van der Waals surface area (Å²) in [6, 6.07) is 4.49. The third kappa shape index (κ3) is 2.09. The molecule has 6 heteroatoms. The molecule has 96 valence electrons. The summed E-state index contributed by atoms with van der Waals surface area (Å²) in [4.78, 5) is 19.8. The van der Waals surface area contributed by atoms with Crippen LogP contribution in [0.3, 0.4) is 0 Å². The standard InChI is InChI=1S/C12H14N2O4/c1-12(2,3)10-13-8-6-7(15)4-5-9(8)14(10)18-11(16)17/h4-6,15H,1-3H3,(H,16,17). The Hall–Kier alpha value is -2.24. The Morgan fingerprint density at radius 1 is 1.39 bits per heavy atom. The van der Waals surface area contributed by atoms with Crippen LogP contribution in [0.15, 0.2) is 18.2 Å². The highest BCUT2D eigenvalue weighted by molar-refractivity contribution is 5.78. The molecule has 0 spiro atoms. The molecule has 0 radical (unpaired) electrons. The lowest BCUT2D eigenvalue weighted by Gasteiger charge is -2.18. The molecule has 0 amide bonds. The van der Waals surface area contributed by atoms with Crippen LogP contribution in [0.5, 0.6) is 5.75 Å². The van der Waals surface area contributed by atoms with E-state index in [1.54, 1.807) is 6.07 Å². The zero-order valence-electron chi connectivity index (χ0n) is 10.3. The van der Waals surface area contributed by atoms with Crippen molar-refractivity contribution in [2.24, 2.45) is 0 Å². The SMILES string of the molecule is CC(C)(C)c1nc2cc(O)ccc2n1OC(=O)O. The number of aromatic nitrogens is 2. The van der Waals surface area contributed by atoms with Crippen molar-refractivity contribution in [3.05, 3.63) is 24.0 Å². The Morgan fingerprint density at radius 3 is 2.61 bits per heavy atom. The van der Waals surface area contributed by atoms with Crippen molar-refractivity contribution in [1.29, 1.82) is 0 Å². The Labute approximate surface area is 103 Å². The maximum atomic E-state index is 10.7. The number of nitrogens with zero attached hydrogens (tertiary/aromatic N) is 2. The van der Waals surface area contributed by atoms with Gasteiger partial charge in [0.2, 0.25) is 0 Å². The van der Waals surface area contributed by atoms with E-state index < -0.39 is 6.16 Å². The first-order valence-corrected chi connectivity index (χ1v) is 5.42. The summed E-state index contributed by atoms with van der Waals surface area (Å²) in [5, 5.41) is 18.2. The molecule has 0 fully saturated rings. The molecule has 0 bridgehead atoms. The van der Waals surface area contributed by atoms with E-state index in [0.717, 1.165) is 0 Å². The fourth-order valence-electron chi connectivity index (χ4n) is 1.69. The lowest BCUT2D eigenvalue weighted by Crippen LogP contribution is -2.26. The molecule has 2 rings (SSSR count). The van der Waals surface area contributed by atoms with Crippen LogP contribution in [0.4, 0.5) is 4.79 Å². The van der Waals surface area contributed by atoms with E-state index in [2.05, 4.69) is 4.98 Å². The summed E-state index contributed by atoms with van der Waals surface area (Å²) in [6.07, 6.45) is -1.41. The monoisotopic (exact) mass is 250 g/mol. The Kier molecular flexibility index (Phi) is 2.65. The number of fused-ring (bicyclic) bond motifs is 1. The van der Waals surface area contributed by atoms with Gasteiger partial charge in [0.05, 0.1) is 5.52 Å². The number of phenols is 1. The first-order chi connectivity index (χ1) is 8.29. The van der Waals surface area contributed by atoms with E-state index in [1.165, 1.54) is 16.9 Å². The van der Waals surface area contributed by atoms with E-state index >= 15 is 0 Å². The second-order valence-electron chi connectivity index (χ2n) is 5.01. The van der Waals surface area contributed by atoms with Gasteiger partial charge < -0.3 is 10.2 Å². The van der Waals surface area contributed by atoms with E-state index in [1.807, 2.05) is 20.8 Å². The molecule has 6 nitrogen and oxygen atoms in total. The minimum absolute atomic E-state index is 0.0722. The molecular formula is C12H14N2O4. The van der Waals surface area contributed by atoms with Crippen molar-refractivity contribution in [2.75, 3.05) is 0 Å². The number of carboxylic acid groups (broad SMARTS) is 1. The fraction of sp³-hybridized carbons (Fsp3) is 0.333. The van der Waals surface area contributed by atoms with E-state index in [0.29, 0.717) is 16.9 Å². The van der Waals surface area contributed by atoms with Gasteiger partial charge in [-0.3, -0.25) is 4.84 Å². The molecule has 0 saturated heterocycles. The van der Waals surface area contributed by atoms with Crippen molar-refractivity contribution in [2.45, 2.75) is 26.2 Å². The van der Waals surface area contributed by atoms with Gasteiger partial charge in [-0.1, -0.05) is 20.8 Å². The van der Waals surface area contributed by atoms with Crippen LogP contribution in [0.25, 0.3) is 11.0 Å². The molecule has 0 unspecified atom stereocenters. The number of hydrogen-bond donors (Lipinski definition) is 2. The zero-order valence-corrected chi connectivity index (χ0v) is 10.3. The number of carbonyl (C=O) groups is 1. The minimum Gasteiger partial charge on any atom is -0.508 e. The molecule has 2 N–H and O–H groups in total. The first kappa shape index (κ1) is 12.2. The van der Waals surface area contributed by atoms with Crippen LogP contribution in [-0.2, 0) is 5.41 Å². The summed E-state index contributed by atoms with van der Waals surface area (Å²) in [7, 11) is 0. The molecule has 0 saturated carbocycles. The molecule has 1 aromatic heterocycles. The van der Waals surface area contributed by atoms with Gasteiger partial charge >= 0.3 is 6.16 Å². The number of rotatable bonds is 1. The lowest BCUT2D eigenvalue weighted by molar-refractivity contribution is 0.0797. The molecule has 1 heterocycles. The Balaban J connectivity index is 2.72. The first-order valence-electron chi connectivity index (χ1n) is 5.42. The summed E-state index contributed by atoms with van der Waals surface area (Å²) in [5.41, 5.74) is 0.602. The van der Waals surface area contributed by atoms with Gasteiger partial charge in [0.1, 0.15) is 11.3 Å². The Bertz CT molecular complexity index is 610. The van der Waals surface area contributed by atoms with Gasteiger partial charge in [-0.05, 0) is 12.1 Å². The minimum atomic E-state index is -1.41. The van der Waals surface area contributed by atoms with E-state index in [9.17, 15) is 9.90 Å².